The molecule has 1 N–H and O–H groups in total. The van der Waals surface area contributed by atoms with Crippen LogP contribution in [0, 0.1) is 23.5 Å². The van der Waals surface area contributed by atoms with Gasteiger partial charge in [0.25, 0.3) is 0 Å². The van der Waals surface area contributed by atoms with Crippen molar-refractivity contribution in [2.75, 3.05) is 0 Å². The van der Waals surface area contributed by atoms with Crippen LogP contribution in [0.2, 0.25) is 0 Å². The first kappa shape index (κ1) is 21.5. The Morgan fingerprint density at radius 1 is 1.00 bits per heavy atom. The van der Waals surface area contributed by atoms with Gasteiger partial charge in [0.1, 0.15) is 0 Å². The van der Waals surface area contributed by atoms with Gasteiger partial charge in [-0.05, 0) is 56.1 Å². The summed E-state index contributed by atoms with van der Waals surface area (Å²) in [6.45, 7) is 3.73. The van der Waals surface area contributed by atoms with Crippen molar-refractivity contribution in [3.05, 3.63) is 28.8 Å². The molecule has 1 aromatic rings. The van der Waals surface area contributed by atoms with E-state index < -0.39 is 17.7 Å². The molecule has 0 aromatic heterocycles. The zero-order chi connectivity index (χ0) is 20.1. The fraction of sp³-hybridized carbons (Fsp3) is 0.750. The zero-order valence-electron chi connectivity index (χ0n) is 17.5. The molecule has 0 amide bonds. The molecule has 1 aliphatic heterocycles. The largest absolute Gasteiger partial charge is 0.487 e. The van der Waals surface area contributed by atoms with Gasteiger partial charge in [0.15, 0.2) is 11.6 Å². The van der Waals surface area contributed by atoms with Gasteiger partial charge in [0, 0.05) is 5.56 Å². The third kappa shape index (κ3) is 5.25. The fourth-order valence-electron chi connectivity index (χ4n) is 5.07. The predicted octanol–water partition coefficient (Wildman–Crippen LogP) is 6.88. The second kappa shape index (κ2) is 10.0. The molecule has 0 bridgehead atoms. The van der Waals surface area contributed by atoms with Gasteiger partial charge in [-0.1, -0.05) is 58.3 Å². The standard InChI is InChI=1S/C24H36F2O2/c1-3-6-17-9-11-18(12-10-17)7-4-5-8-20-14-13-19-15-21(16(2)27)22(25)23(26)24(19)28-20/h15-18,20,27H,3-14H2,1-2H3. The second-order valence-electron chi connectivity index (χ2n) is 9.00. The Balaban J connectivity index is 1.43. The lowest BCUT2D eigenvalue weighted by Gasteiger charge is -2.29. The van der Waals surface area contributed by atoms with E-state index in [4.69, 9.17) is 4.74 Å². The summed E-state index contributed by atoms with van der Waals surface area (Å²) in [6.07, 6.45) is 13.2. The SMILES string of the molecule is CCCC1CCC(CCCCC2CCc3cc(C(C)O)c(F)c(F)c3O2)CC1. The normalized spacial score (nSPS) is 25.8. The number of halogens is 2. The summed E-state index contributed by atoms with van der Waals surface area (Å²) in [5.74, 6) is -0.0180. The monoisotopic (exact) mass is 394 g/mol. The van der Waals surface area contributed by atoms with E-state index in [9.17, 15) is 13.9 Å². The highest BCUT2D eigenvalue weighted by atomic mass is 19.2. The Morgan fingerprint density at radius 2 is 1.64 bits per heavy atom. The second-order valence-corrected chi connectivity index (χ2v) is 9.00. The predicted molar refractivity (Wildman–Crippen MR) is 109 cm³/mol. The summed E-state index contributed by atoms with van der Waals surface area (Å²) < 4.78 is 34.3. The van der Waals surface area contributed by atoms with E-state index in [0.29, 0.717) is 12.0 Å². The molecule has 2 atom stereocenters. The first-order chi connectivity index (χ1) is 13.5. The number of hydrogen-bond acceptors (Lipinski definition) is 2. The Hall–Kier alpha value is -1.16. The molecule has 0 spiro atoms. The van der Waals surface area contributed by atoms with E-state index in [0.717, 1.165) is 31.1 Å². The third-order valence-electron chi connectivity index (χ3n) is 6.79. The number of rotatable bonds is 8. The van der Waals surface area contributed by atoms with Crippen LogP contribution >= 0.6 is 0 Å². The minimum absolute atomic E-state index is 0.0203. The number of aliphatic hydroxyl groups is 1. The highest BCUT2D eigenvalue weighted by Crippen LogP contribution is 2.37. The van der Waals surface area contributed by atoms with Gasteiger partial charge in [-0.2, -0.15) is 4.39 Å². The van der Waals surface area contributed by atoms with Crippen LogP contribution in [0.1, 0.15) is 102 Å². The van der Waals surface area contributed by atoms with Gasteiger partial charge in [-0.15, -0.1) is 0 Å². The van der Waals surface area contributed by atoms with E-state index in [1.165, 1.54) is 58.3 Å². The van der Waals surface area contributed by atoms with Gasteiger partial charge < -0.3 is 9.84 Å². The van der Waals surface area contributed by atoms with Gasteiger partial charge in [-0.3, -0.25) is 0 Å². The lowest BCUT2D eigenvalue weighted by Crippen LogP contribution is -2.24. The van der Waals surface area contributed by atoms with Crippen LogP contribution in [0.25, 0.3) is 0 Å². The van der Waals surface area contributed by atoms with E-state index in [-0.39, 0.29) is 17.4 Å². The molecule has 4 heteroatoms. The number of unbranched alkanes of at least 4 members (excludes halogenated alkanes) is 1. The molecule has 1 saturated carbocycles. The molecule has 1 aliphatic carbocycles. The van der Waals surface area contributed by atoms with Crippen LogP contribution in [-0.2, 0) is 6.42 Å². The van der Waals surface area contributed by atoms with Crippen molar-refractivity contribution in [1.82, 2.24) is 0 Å². The Kier molecular flexibility index (Phi) is 7.73. The van der Waals surface area contributed by atoms with Crippen molar-refractivity contribution in [2.24, 2.45) is 11.8 Å². The maximum Gasteiger partial charge on any atom is 0.201 e. The molecular formula is C24H36F2O2. The molecule has 1 aromatic carbocycles. The number of aliphatic hydroxyl groups excluding tert-OH is 1. The molecule has 2 unspecified atom stereocenters. The van der Waals surface area contributed by atoms with Crippen molar-refractivity contribution in [3.63, 3.8) is 0 Å². The summed E-state index contributed by atoms with van der Waals surface area (Å²) in [5, 5.41) is 9.63. The van der Waals surface area contributed by atoms with Crippen LogP contribution in [0.5, 0.6) is 5.75 Å². The smallest absolute Gasteiger partial charge is 0.201 e. The van der Waals surface area contributed by atoms with Crippen LogP contribution in [0.3, 0.4) is 0 Å². The van der Waals surface area contributed by atoms with E-state index >= 15 is 0 Å². The molecule has 3 rings (SSSR count). The number of hydrogen-bond donors (Lipinski definition) is 1. The van der Waals surface area contributed by atoms with Crippen LogP contribution in [0.15, 0.2) is 6.07 Å². The van der Waals surface area contributed by atoms with Crippen molar-refractivity contribution < 1.29 is 18.6 Å². The molecule has 0 saturated heterocycles. The summed E-state index contributed by atoms with van der Waals surface area (Å²) >= 11 is 0. The maximum atomic E-state index is 14.4. The van der Waals surface area contributed by atoms with Crippen molar-refractivity contribution in [2.45, 2.75) is 103 Å². The summed E-state index contributed by atoms with van der Waals surface area (Å²) in [5.41, 5.74) is 0.696. The highest BCUT2D eigenvalue weighted by molar-refractivity contribution is 5.42. The fourth-order valence-corrected chi connectivity index (χ4v) is 5.07. The average molecular weight is 395 g/mol. The van der Waals surface area contributed by atoms with E-state index in [1.54, 1.807) is 6.07 Å². The first-order valence-corrected chi connectivity index (χ1v) is 11.3. The molecule has 1 fully saturated rings. The molecule has 2 nitrogen and oxygen atoms in total. The minimum Gasteiger partial charge on any atom is -0.487 e. The maximum absolute atomic E-state index is 14.4. The van der Waals surface area contributed by atoms with Crippen LogP contribution in [-0.4, -0.2) is 11.2 Å². The highest BCUT2D eigenvalue weighted by Gasteiger charge is 2.28. The van der Waals surface area contributed by atoms with Crippen molar-refractivity contribution in [3.8, 4) is 5.75 Å². The molecule has 158 valence electrons. The minimum atomic E-state index is -1.02. The first-order valence-electron chi connectivity index (χ1n) is 11.3. The quantitative estimate of drug-likeness (QED) is 0.487. The summed E-state index contributed by atoms with van der Waals surface area (Å²) in [6, 6.07) is 1.56. The lowest BCUT2D eigenvalue weighted by molar-refractivity contribution is 0.146. The number of aryl methyl sites for hydroxylation is 1. The van der Waals surface area contributed by atoms with Gasteiger partial charge in [-0.25, -0.2) is 4.39 Å². The third-order valence-corrected chi connectivity index (χ3v) is 6.79. The van der Waals surface area contributed by atoms with Crippen molar-refractivity contribution >= 4 is 0 Å². The molecule has 28 heavy (non-hydrogen) atoms. The summed E-state index contributed by atoms with van der Waals surface area (Å²) in [4.78, 5) is 0. The summed E-state index contributed by atoms with van der Waals surface area (Å²) in [7, 11) is 0. The zero-order valence-corrected chi connectivity index (χ0v) is 17.5. The van der Waals surface area contributed by atoms with Gasteiger partial charge in [0.2, 0.25) is 5.82 Å². The lowest BCUT2D eigenvalue weighted by atomic mass is 9.78. The molecular weight excluding hydrogens is 358 g/mol. The topological polar surface area (TPSA) is 29.5 Å². The Bertz CT molecular complexity index is 636. The van der Waals surface area contributed by atoms with E-state index in [1.807, 2.05) is 0 Å². The number of benzene rings is 1. The van der Waals surface area contributed by atoms with Crippen LogP contribution < -0.4 is 4.74 Å². The van der Waals surface area contributed by atoms with Gasteiger partial charge in [0.05, 0.1) is 12.2 Å². The molecule has 0 radical (unpaired) electrons. The van der Waals surface area contributed by atoms with Crippen molar-refractivity contribution in [1.29, 1.82) is 0 Å². The average Bonchev–Trinajstić information content (AvgIpc) is 2.69. The Labute approximate surface area is 168 Å². The molecule has 1 heterocycles. The Morgan fingerprint density at radius 3 is 2.29 bits per heavy atom. The van der Waals surface area contributed by atoms with Gasteiger partial charge >= 0.3 is 0 Å². The van der Waals surface area contributed by atoms with Crippen LogP contribution in [0.4, 0.5) is 8.78 Å². The number of ether oxygens (including phenoxy) is 1. The number of fused-ring (bicyclic) bond motifs is 1. The molecule has 2 aliphatic rings. The van der Waals surface area contributed by atoms with E-state index in [2.05, 4.69) is 6.92 Å².